The van der Waals surface area contributed by atoms with Gasteiger partial charge in [-0.3, -0.25) is 0 Å². The lowest BCUT2D eigenvalue weighted by Gasteiger charge is -2.23. The highest BCUT2D eigenvalue weighted by atomic mass is 16.5. The summed E-state index contributed by atoms with van der Waals surface area (Å²) in [5.74, 6) is -0.627. The van der Waals surface area contributed by atoms with E-state index in [0.717, 1.165) is 0 Å². The van der Waals surface area contributed by atoms with Gasteiger partial charge in [-0.05, 0) is 23.0 Å². The second kappa shape index (κ2) is 7.13. The van der Waals surface area contributed by atoms with E-state index in [9.17, 15) is 9.59 Å². The average molecular weight is 341 g/mol. The number of carboxylic acids is 1. The average Bonchev–Trinajstić information content (AvgIpc) is 2.91. The first-order chi connectivity index (χ1) is 12.0. The van der Waals surface area contributed by atoms with Gasteiger partial charge in [0.05, 0.1) is 0 Å². The molecule has 0 radical (unpaired) electrons. The molecule has 1 amide bonds. The lowest BCUT2D eigenvalue weighted by Crippen LogP contribution is -2.44. The normalized spacial score (nSPS) is 24.5. The number of nitrogens with one attached hydrogen (secondary N) is 1. The molecule has 3 unspecified atom stereocenters. The molecule has 0 saturated heterocycles. The van der Waals surface area contributed by atoms with Crippen molar-refractivity contribution in [1.29, 1.82) is 0 Å². The Labute approximate surface area is 147 Å². The molecule has 0 heterocycles. The number of amides is 1. The van der Waals surface area contributed by atoms with Crippen molar-refractivity contribution in [1.82, 2.24) is 5.32 Å². The molecule has 1 aromatic rings. The summed E-state index contributed by atoms with van der Waals surface area (Å²) >= 11 is 0. The zero-order chi connectivity index (χ0) is 18.0. The van der Waals surface area contributed by atoms with Crippen LogP contribution in [0.5, 0.6) is 0 Å². The first-order valence-electron chi connectivity index (χ1n) is 8.59. The van der Waals surface area contributed by atoms with Gasteiger partial charge < -0.3 is 15.2 Å². The lowest BCUT2D eigenvalue weighted by molar-refractivity contribution is -0.140. The van der Waals surface area contributed by atoms with E-state index >= 15 is 0 Å². The van der Waals surface area contributed by atoms with Crippen LogP contribution in [0.15, 0.2) is 48.6 Å². The van der Waals surface area contributed by atoms with Gasteiger partial charge in [-0.25, -0.2) is 9.59 Å². The van der Waals surface area contributed by atoms with E-state index in [1.165, 1.54) is 11.1 Å². The molecule has 0 spiro atoms. The minimum atomic E-state index is -1.06. The Kier molecular flexibility index (Phi) is 4.93. The highest BCUT2D eigenvalue weighted by Gasteiger charge is 2.39. The van der Waals surface area contributed by atoms with E-state index in [4.69, 9.17) is 9.84 Å². The SMILES string of the molecule is CC(C)C(NC(=O)OCC1c2ccccc2C2C=CC=C[C@H]21)C(=O)O. The number of carbonyl (C=O) groups is 2. The number of benzene rings is 1. The van der Waals surface area contributed by atoms with E-state index in [2.05, 4.69) is 29.6 Å². The minimum Gasteiger partial charge on any atom is -0.480 e. The second-order valence-corrected chi connectivity index (χ2v) is 6.91. The Balaban J connectivity index is 1.68. The standard InChI is InChI=1S/C20H23NO4/c1-12(2)18(19(22)23)21-20(24)25-11-17-15-9-5-3-7-13(15)14-8-4-6-10-16(14)17/h3-10,12-13,15,17-18H,11H2,1-2H3,(H,21,24)(H,22,23)/t13?,15-,17?,18?/m1/s1. The van der Waals surface area contributed by atoms with Gasteiger partial charge in [0.15, 0.2) is 0 Å². The van der Waals surface area contributed by atoms with E-state index in [1.54, 1.807) is 13.8 Å². The molecular formula is C20H23NO4. The molecule has 0 saturated carbocycles. The van der Waals surface area contributed by atoms with Crippen LogP contribution in [0.25, 0.3) is 0 Å². The quantitative estimate of drug-likeness (QED) is 0.860. The third-order valence-electron chi connectivity index (χ3n) is 5.00. The summed E-state index contributed by atoms with van der Waals surface area (Å²) < 4.78 is 5.39. The van der Waals surface area contributed by atoms with Crippen LogP contribution >= 0.6 is 0 Å². The third-order valence-corrected chi connectivity index (χ3v) is 5.00. The maximum absolute atomic E-state index is 12.1. The molecule has 5 heteroatoms. The van der Waals surface area contributed by atoms with Crippen molar-refractivity contribution >= 4 is 12.1 Å². The fourth-order valence-electron chi connectivity index (χ4n) is 3.73. The van der Waals surface area contributed by atoms with E-state index in [0.29, 0.717) is 5.92 Å². The molecule has 4 atom stereocenters. The minimum absolute atomic E-state index is 0.0791. The number of aliphatic carboxylic acids is 1. The monoisotopic (exact) mass is 341 g/mol. The van der Waals surface area contributed by atoms with Gasteiger partial charge in [0.25, 0.3) is 0 Å². The summed E-state index contributed by atoms with van der Waals surface area (Å²) in [5.41, 5.74) is 2.47. The number of rotatable bonds is 5. The van der Waals surface area contributed by atoms with E-state index in [-0.39, 0.29) is 24.4 Å². The molecule has 0 fully saturated rings. The Morgan fingerprint density at radius 2 is 1.84 bits per heavy atom. The number of carboxylic acid groups (broad SMARTS) is 1. The Morgan fingerprint density at radius 3 is 2.52 bits per heavy atom. The zero-order valence-electron chi connectivity index (χ0n) is 14.4. The van der Waals surface area contributed by atoms with Crippen molar-refractivity contribution in [3.8, 4) is 0 Å². The number of carbonyl (C=O) groups excluding carboxylic acids is 1. The van der Waals surface area contributed by atoms with Crippen LogP contribution in [0.3, 0.4) is 0 Å². The van der Waals surface area contributed by atoms with Crippen LogP contribution in [0.1, 0.15) is 36.8 Å². The number of alkyl carbamates (subject to hydrolysis) is 1. The second-order valence-electron chi connectivity index (χ2n) is 6.91. The van der Waals surface area contributed by atoms with Crippen LogP contribution in [0.4, 0.5) is 4.79 Å². The molecule has 5 nitrogen and oxygen atoms in total. The summed E-state index contributed by atoms with van der Waals surface area (Å²) in [7, 11) is 0. The van der Waals surface area contributed by atoms with Crippen LogP contribution in [-0.4, -0.2) is 29.8 Å². The van der Waals surface area contributed by atoms with Crippen molar-refractivity contribution < 1.29 is 19.4 Å². The first kappa shape index (κ1) is 17.3. The molecule has 0 aromatic heterocycles. The predicted octanol–water partition coefficient (Wildman–Crippen LogP) is 3.45. The van der Waals surface area contributed by atoms with Crippen molar-refractivity contribution in [2.24, 2.45) is 11.8 Å². The zero-order valence-corrected chi connectivity index (χ0v) is 14.4. The molecule has 2 aliphatic rings. The Bertz CT molecular complexity index is 722. The molecule has 0 bridgehead atoms. The van der Waals surface area contributed by atoms with Crippen molar-refractivity contribution in [3.05, 3.63) is 59.7 Å². The molecule has 3 rings (SSSR count). The highest BCUT2D eigenvalue weighted by Crippen LogP contribution is 2.49. The van der Waals surface area contributed by atoms with Gasteiger partial charge in [-0.2, -0.15) is 0 Å². The Hall–Kier alpha value is -2.56. The summed E-state index contributed by atoms with van der Waals surface area (Å²) in [4.78, 5) is 23.3. The predicted molar refractivity (Wildman–Crippen MR) is 94.4 cm³/mol. The maximum atomic E-state index is 12.1. The summed E-state index contributed by atoms with van der Waals surface area (Å²) in [6.07, 6.45) is 7.73. The highest BCUT2D eigenvalue weighted by molar-refractivity contribution is 5.80. The number of fused-ring (bicyclic) bond motifs is 3. The molecule has 2 aliphatic carbocycles. The lowest BCUT2D eigenvalue weighted by atomic mass is 9.84. The molecule has 0 aliphatic heterocycles. The summed E-state index contributed by atoms with van der Waals surface area (Å²) in [6, 6.07) is 7.27. The van der Waals surface area contributed by atoms with Gasteiger partial charge in [0.1, 0.15) is 12.6 Å². The smallest absolute Gasteiger partial charge is 0.407 e. The molecule has 25 heavy (non-hydrogen) atoms. The fourth-order valence-corrected chi connectivity index (χ4v) is 3.73. The number of allylic oxidation sites excluding steroid dienone is 4. The van der Waals surface area contributed by atoms with Gasteiger partial charge in [0, 0.05) is 11.8 Å². The van der Waals surface area contributed by atoms with Crippen molar-refractivity contribution in [2.75, 3.05) is 6.61 Å². The topological polar surface area (TPSA) is 75.6 Å². The van der Waals surface area contributed by atoms with E-state index < -0.39 is 18.1 Å². The number of hydrogen-bond donors (Lipinski definition) is 2. The Morgan fingerprint density at radius 1 is 1.16 bits per heavy atom. The maximum Gasteiger partial charge on any atom is 0.407 e. The number of hydrogen-bond acceptors (Lipinski definition) is 3. The van der Waals surface area contributed by atoms with Crippen LogP contribution in [-0.2, 0) is 9.53 Å². The van der Waals surface area contributed by atoms with Gasteiger partial charge >= 0.3 is 12.1 Å². The molecule has 1 aromatic carbocycles. The number of ether oxygens (including phenoxy) is 1. The third kappa shape index (κ3) is 3.45. The molecule has 132 valence electrons. The summed E-state index contributed by atoms with van der Waals surface area (Å²) in [5, 5.41) is 11.6. The van der Waals surface area contributed by atoms with Crippen LogP contribution in [0.2, 0.25) is 0 Å². The van der Waals surface area contributed by atoms with Crippen molar-refractivity contribution in [3.63, 3.8) is 0 Å². The van der Waals surface area contributed by atoms with Crippen molar-refractivity contribution in [2.45, 2.75) is 31.7 Å². The fraction of sp³-hybridized carbons (Fsp3) is 0.400. The van der Waals surface area contributed by atoms with Gasteiger partial charge in [-0.15, -0.1) is 0 Å². The first-order valence-corrected chi connectivity index (χ1v) is 8.59. The van der Waals surface area contributed by atoms with Crippen LogP contribution < -0.4 is 5.32 Å². The van der Waals surface area contributed by atoms with E-state index in [1.807, 2.05) is 24.3 Å². The molecule has 2 N–H and O–H groups in total. The van der Waals surface area contributed by atoms with Gasteiger partial charge in [0.2, 0.25) is 0 Å². The summed E-state index contributed by atoms with van der Waals surface area (Å²) in [6.45, 7) is 3.72. The largest absolute Gasteiger partial charge is 0.480 e. The van der Waals surface area contributed by atoms with Gasteiger partial charge in [-0.1, -0.05) is 62.4 Å². The van der Waals surface area contributed by atoms with Crippen LogP contribution in [0, 0.1) is 11.8 Å². The molecular weight excluding hydrogens is 318 g/mol.